The molecule has 0 saturated heterocycles. The second-order valence-corrected chi connectivity index (χ2v) is 4.59. The summed E-state index contributed by atoms with van der Waals surface area (Å²) in [5.41, 5.74) is 0. The molecule has 1 heteroatoms. The van der Waals surface area contributed by atoms with Crippen molar-refractivity contribution in [3.05, 3.63) is 45.3 Å². The fourth-order valence-electron chi connectivity index (χ4n) is 1.17. The Morgan fingerprint density at radius 3 is 1.82 bits per heavy atom. The Kier molecular flexibility index (Phi) is 2.12. The average Bonchev–Trinajstić information content (AvgIpc) is 2.60. The molecule has 2 rings (SSSR count). The minimum atomic E-state index is 0.632. The van der Waals surface area contributed by atoms with E-state index in [2.05, 4.69) is 36.5 Å². The van der Waals surface area contributed by atoms with Gasteiger partial charge in [-0.05, 0) is 0 Å². The van der Waals surface area contributed by atoms with Gasteiger partial charge in [-0.1, -0.05) is 0 Å². The van der Waals surface area contributed by atoms with Gasteiger partial charge < -0.3 is 0 Å². The van der Waals surface area contributed by atoms with Crippen molar-refractivity contribution in [2.75, 3.05) is 0 Å². The van der Waals surface area contributed by atoms with Crippen molar-refractivity contribution in [1.29, 1.82) is 0 Å². The Morgan fingerprint density at radius 1 is 0.909 bits per heavy atom. The molecule has 2 aliphatic carbocycles. The molecule has 0 spiro atoms. The summed E-state index contributed by atoms with van der Waals surface area (Å²) < 4.78 is 3.24. The Hall–Kier alpha value is -0.508. The maximum atomic E-state index is 2.26. The van der Waals surface area contributed by atoms with Gasteiger partial charge in [0.25, 0.3) is 0 Å². The predicted molar refractivity (Wildman–Crippen MR) is 43.7 cm³/mol. The van der Waals surface area contributed by atoms with E-state index in [0.29, 0.717) is 15.2 Å². The molecular weight excluding hydrogens is 172 g/mol. The molecule has 0 fully saturated rings. The van der Waals surface area contributed by atoms with Gasteiger partial charge in [-0.25, -0.2) is 0 Å². The van der Waals surface area contributed by atoms with E-state index >= 15 is 0 Å². The molecule has 0 bridgehead atoms. The van der Waals surface area contributed by atoms with Gasteiger partial charge in [-0.2, -0.15) is 0 Å². The molecule has 0 aliphatic heterocycles. The molecule has 0 amide bonds. The number of hydrogen-bond acceptors (Lipinski definition) is 0. The van der Waals surface area contributed by atoms with Crippen molar-refractivity contribution in [3.63, 3.8) is 0 Å². The molecule has 11 heavy (non-hydrogen) atoms. The minimum absolute atomic E-state index is 0.632. The molecule has 0 aromatic heterocycles. The Bertz CT molecular complexity index is 239. The summed E-state index contributed by atoms with van der Waals surface area (Å²) in [5.74, 6) is 0. The summed E-state index contributed by atoms with van der Waals surface area (Å²) >= 11 is 0.632. The van der Waals surface area contributed by atoms with Crippen LogP contribution in [-0.2, 0) is 15.2 Å². The summed E-state index contributed by atoms with van der Waals surface area (Å²) in [5, 5.41) is 0. The van der Waals surface area contributed by atoms with Crippen LogP contribution < -0.4 is 0 Å². The first kappa shape index (κ1) is 7.16. The van der Waals surface area contributed by atoms with Gasteiger partial charge in [-0.15, -0.1) is 0 Å². The van der Waals surface area contributed by atoms with E-state index in [-0.39, 0.29) is 0 Å². The zero-order valence-corrected chi connectivity index (χ0v) is 7.56. The van der Waals surface area contributed by atoms with Crippen LogP contribution in [0.3, 0.4) is 0 Å². The van der Waals surface area contributed by atoms with Gasteiger partial charge in [0, 0.05) is 0 Å². The first-order chi connectivity index (χ1) is 5.45. The summed E-state index contributed by atoms with van der Waals surface area (Å²) in [7, 11) is 0. The molecule has 0 atom stereocenters. The normalized spacial score (nSPS) is 20.7. The molecule has 0 unspecified atom stereocenters. The van der Waals surface area contributed by atoms with Crippen LogP contribution in [-0.4, -0.2) is 0 Å². The average molecular weight is 182 g/mol. The molecule has 0 aromatic carbocycles. The third kappa shape index (κ3) is 1.74. The van der Waals surface area contributed by atoms with E-state index in [1.807, 2.05) is 0 Å². The third-order valence-corrected chi connectivity index (χ3v) is 3.50. The van der Waals surface area contributed by atoms with Crippen LogP contribution in [0.5, 0.6) is 0 Å². The van der Waals surface area contributed by atoms with Gasteiger partial charge >= 0.3 is 73.4 Å². The van der Waals surface area contributed by atoms with E-state index in [9.17, 15) is 0 Å². The number of hydrogen-bond donors (Lipinski definition) is 0. The van der Waals surface area contributed by atoms with Crippen molar-refractivity contribution >= 4 is 0 Å². The quantitative estimate of drug-likeness (QED) is 0.616. The Morgan fingerprint density at radius 2 is 1.45 bits per heavy atom. The van der Waals surface area contributed by atoms with E-state index < -0.39 is 0 Å². The van der Waals surface area contributed by atoms with Gasteiger partial charge in [0.05, 0.1) is 0 Å². The van der Waals surface area contributed by atoms with Crippen LogP contribution in [0.1, 0.15) is 12.8 Å². The third-order valence-electron chi connectivity index (χ3n) is 1.74. The molecular formula is C10H10Cr. The van der Waals surface area contributed by atoms with E-state index in [0.717, 1.165) is 0 Å². The topological polar surface area (TPSA) is 0 Å². The first-order valence-corrected chi connectivity index (χ1v) is 5.12. The summed E-state index contributed by atoms with van der Waals surface area (Å²) in [6.45, 7) is 0. The molecule has 2 aliphatic rings. The van der Waals surface area contributed by atoms with Crippen molar-refractivity contribution in [2.24, 2.45) is 0 Å². The molecule has 56 valence electrons. The van der Waals surface area contributed by atoms with Crippen molar-refractivity contribution in [2.45, 2.75) is 12.8 Å². The molecule has 0 N–H and O–H groups in total. The SMILES string of the molecule is C1=CC[C]([Cr][C]2=CC=CC2)=C1. The number of allylic oxidation sites excluding steroid dienone is 8. The van der Waals surface area contributed by atoms with Crippen LogP contribution >= 0.6 is 0 Å². The molecule has 0 radical (unpaired) electrons. The van der Waals surface area contributed by atoms with E-state index in [4.69, 9.17) is 0 Å². The predicted octanol–water partition coefficient (Wildman–Crippen LogP) is 2.76. The molecule has 0 aromatic rings. The monoisotopic (exact) mass is 182 g/mol. The second kappa shape index (κ2) is 3.26. The van der Waals surface area contributed by atoms with Crippen LogP contribution in [0, 0.1) is 0 Å². The van der Waals surface area contributed by atoms with Crippen LogP contribution in [0.25, 0.3) is 0 Å². The first-order valence-electron chi connectivity index (χ1n) is 3.84. The van der Waals surface area contributed by atoms with E-state index in [1.165, 1.54) is 12.8 Å². The van der Waals surface area contributed by atoms with Crippen LogP contribution in [0.15, 0.2) is 45.3 Å². The van der Waals surface area contributed by atoms with Crippen LogP contribution in [0.4, 0.5) is 0 Å². The Balaban J connectivity index is 1.91. The fraction of sp³-hybridized carbons (Fsp3) is 0.200. The van der Waals surface area contributed by atoms with Gasteiger partial charge in [0.1, 0.15) is 0 Å². The fourth-order valence-corrected chi connectivity index (χ4v) is 2.72. The van der Waals surface area contributed by atoms with Crippen molar-refractivity contribution < 1.29 is 15.2 Å². The van der Waals surface area contributed by atoms with Crippen molar-refractivity contribution in [3.8, 4) is 0 Å². The zero-order chi connectivity index (χ0) is 7.52. The summed E-state index contributed by atoms with van der Waals surface area (Å²) in [6.07, 6.45) is 15.7. The van der Waals surface area contributed by atoms with Gasteiger partial charge in [0.2, 0.25) is 0 Å². The molecule has 0 saturated carbocycles. The standard InChI is InChI=1S/2C5H5.Cr/c2*1-2-4-5-3-1;/h2*1-3H,4H2;. The van der Waals surface area contributed by atoms with Gasteiger partial charge in [0.15, 0.2) is 0 Å². The Labute approximate surface area is 73.7 Å². The van der Waals surface area contributed by atoms with Crippen LogP contribution in [0.2, 0.25) is 0 Å². The molecule has 0 nitrogen and oxygen atoms in total. The van der Waals surface area contributed by atoms with Crippen molar-refractivity contribution in [1.82, 2.24) is 0 Å². The van der Waals surface area contributed by atoms with Gasteiger partial charge in [-0.3, -0.25) is 0 Å². The summed E-state index contributed by atoms with van der Waals surface area (Å²) in [4.78, 5) is 0. The maximum absolute atomic E-state index is 2.26. The zero-order valence-electron chi connectivity index (χ0n) is 6.29. The second-order valence-electron chi connectivity index (χ2n) is 2.63. The number of rotatable bonds is 2. The van der Waals surface area contributed by atoms with E-state index in [1.54, 1.807) is 8.87 Å². The molecule has 0 heterocycles. The summed E-state index contributed by atoms with van der Waals surface area (Å²) in [6, 6.07) is 0.